The number of halogens is 1. The first-order valence-electron chi connectivity index (χ1n) is 9.96. The van der Waals surface area contributed by atoms with E-state index in [-0.39, 0.29) is 11.4 Å². The van der Waals surface area contributed by atoms with Crippen molar-refractivity contribution < 1.29 is 5.11 Å². The topological polar surface area (TPSA) is 84.8 Å². The van der Waals surface area contributed by atoms with Crippen molar-refractivity contribution in [3.05, 3.63) is 56.9 Å². The number of piperazine rings is 1. The Balaban J connectivity index is 1.54. The minimum atomic E-state index is -0.341. The first-order chi connectivity index (χ1) is 14.4. The van der Waals surface area contributed by atoms with Crippen molar-refractivity contribution in [1.82, 2.24) is 14.9 Å². The minimum Gasteiger partial charge on any atom is -0.494 e. The summed E-state index contributed by atoms with van der Waals surface area (Å²) in [6.07, 6.45) is 3.36. The van der Waals surface area contributed by atoms with Gasteiger partial charge >= 0.3 is 0 Å². The average Bonchev–Trinajstić information content (AvgIpc) is 2.74. The summed E-state index contributed by atoms with van der Waals surface area (Å²) in [5.74, 6) is 0.322. The van der Waals surface area contributed by atoms with Crippen molar-refractivity contribution in [2.75, 3.05) is 31.1 Å². The highest BCUT2D eigenvalue weighted by molar-refractivity contribution is 9.10. The summed E-state index contributed by atoms with van der Waals surface area (Å²) in [7, 11) is 0. The Bertz CT molecular complexity index is 1130. The highest BCUT2D eigenvalue weighted by atomic mass is 79.9. The van der Waals surface area contributed by atoms with Crippen molar-refractivity contribution in [3.8, 4) is 5.88 Å². The van der Waals surface area contributed by atoms with E-state index in [0.717, 1.165) is 36.3 Å². The number of H-pyrrole nitrogens is 1. The Morgan fingerprint density at radius 3 is 2.60 bits per heavy atom. The maximum atomic E-state index is 12.1. The van der Waals surface area contributed by atoms with Gasteiger partial charge in [-0.1, -0.05) is 15.9 Å². The number of aromatic amines is 1. The number of benzene rings is 1. The second-order valence-electron chi connectivity index (χ2n) is 7.66. The fourth-order valence-electron chi connectivity index (χ4n) is 3.71. The van der Waals surface area contributed by atoms with Crippen molar-refractivity contribution in [1.29, 1.82) is 0 Å². The molecule has 1 fully saturated rings. The molecule has 0 saturated carbocycles. The average molecular weight is 470 g/mol. The van der Waals surface area contributed by atoms with Crippen LogP contribution < -0.4 is 10.5 Å². The van der Waals surface area contributed by atoms with E-state index < -0.39 is 0 Å². The van der Waals surface area contributed by atoms with Crippen LogP contribution in [0.3, 0.4) is 0 Å². The zero-order chi connectivity index (χ0) is 21.3. The molecule has 0 radical (unpaired) electrons. The van der Waals surface area contributed by atoms with Gasteiger partial charge in [0.05, 0.1) is 17.4 Å². The second kappa shape index (κ2) is 8.57. The van der Waals surface area contributed by atoms with Crippen LogP contribution in [-0.4, -0.2) is 58.4 Å². The van der Waals surface area contributed by atoms with Crippen LogP contribution in [0.15, 0.2) is 50.8 Å². The maximum Gasteiger partial charge on any atom is 0.258 e. The molecule has 2 N–H and O–H groups in total. The van der Waals surface area contributed by atoms with Gasteiger partial charge in [-0.2, -0.15) is 0 Å². The SMILES string of the molecule is CC(C)N1CCN(c2ccc(N=Cc3c(O)[nH]c(=O)c4ccc(Br)cc34)nc2)CC1. The number of hydrogen-bond donors (Lipinski definition) is 2. The molecule has 3 aromatic rings. The van der Waals surface area contributed by atoms with E-state index in [9.17, 15) is 9.90 Å². The van der Waals surface area contributed by atoms with Crippen molar-refractivity contribution >= 4 is 44.4 Å². The summed E-state index contributed by atoms with van der Waals surface area (Å²) in [6.45, 7) is 8.51. The van der Waals surface area contributed by atoms with Crippen LogP contribution in [0.4, 0.5) is 11.5 Å². The van der Waals surface area contributed by atoms with Gasteiger partial charge in [0.15, 0.2) is 5.82 Å². The Morgan fingerprint density at radius 1 is 1.17 bits per heavy atom. The maximum absolute atomic E-state index is 12.1. The van der Waals surface area contributed by atoms with E-state index in [4.69, 9.17) is 0 Å². The van der Waals surface area contributed by atoms with Gasteiger partial charge in [0.1, 0.15) is 0 Å². The molecule has 0 atom stereocenters. The molecule has 3 heterocycles. The van der Waals surface area contributed by atoms with E-state index in [1.165, 1.54) is 6.21 Å². The lowest BCUT2D eigenvalue weighted by Crippen LogP contribution is -2.48. The smallest absolute Gasteiger partial charge is 0.258 e. The Labute approximate surface area is 183 Å². The first-order valence-corrected chi connectivity index (χ1v) is 10.8. The van der Waals surface area contributed by atoms with Crippen LogP contribution in [0.1, 0.15) is 19.4 Å². The molecule has 0 bridgehead atoms. The number of nitrogens with one attached hydrogen (secondary N) is 1. The summed E-state index contributed by atoms with van der Waals surface area (Å²) in [5.41, 5.74) is 1.19. The van der Waals surface area contributed by atoms with Gasteiger partial charge in [-0.25, -0.2) is 9.98 Å². The third-order valence-electron chi connectivity index (χ3n) is 5.47. The lowest BCUT2D eigenvalue weighted by atomic mass is 10.1. The standard InChI is InChI=1S/C22H24BrN5O2/c1-14(2)27-7-9-28(10-8-27)16-4-6-20(24-12-16)25-13-19-18-11-15(23)3-5-17(18)21(29)26-22(19)30/h3-6,11-14H,7-10H2,1-2H3,(H2,26,29,30). The molecule has 1 aliphatic rings. The number of nitrogens with zero attached hydrogens (tertiary/aromatic N) is 4. The molecule has 0 unspecified atom stereocenters. The molecule has 0 amide bonds. The third kappa shape index (κ3) is 4.24. The summed E-state index contributed by atoms with van der Waals surface area (Å²) in [6, 6.07) is 9.74. The van der Waals surface area contributed by atoms with E-state index in [2.05, 4.69) is 54.5 Å². The molecule has 1 saturated heterocycles. The monoisotopic (exact) mass is 469 g/mol. The van der Waals surface area contributed by atoms with Crippen molar-refractivity contribution in [3.63, 3.8) is 0 Å². The van der Waals surface area contributed by atoms with Crippen LogP contribution in [0.25, 0.3) is 10.8 Å². The number of aromatic hydroxyl groups is 1. The van der Waals surface area contributed by atoms with Crippen LogP contribution in [-0.2, 0) is 0 Å². The summed E-state index contributed by atoms with van der Waals surface area (Å²) < 4.78 is 0.815. The number of aromatic nitrogens is 2. The van der Waals surface area contributed by atoms with Crippen molar-refractivity contribution in [2.45, 2.75) is 19.9 Å². The van der Waals surface area contributed by atoms with Crippen molar-refractivity contribution in [2.24, 2.45) is 4.99 Å². The molecule has 1 aromatic carbocycles. The van der Waals surface area contributed by atoms with Gasteiger partial charge in [-0.15, -0.1) is 0 Å². The van der Waals surface area contributed by atoms with Gasteiger partial charge in [0, 0.05) is 53.7 Å². The number of hydrogen-bond acceptors (Lipinski definition) is 6. The second-order valence-corrected chi connectivity index (χ2v) is 8.57. The minimum absolute atomic E-state index is 0.214. The molecular weight excluding hydrogens is 446 g/mol. The van der Waals surface area contributed by atoms with E-state index in [1.807, 2.05) is 18.3 Å². The lowest BCUT2D eigenvalue weighted by Gasteiger charge is -2.37. The molecule has 1 aliphatic heterocycles. The molecule has 0 spiro atoms. The van der Waals surface area contributed by atoms with E-state index in [1.54, 1.807) is 18.2 Å². The van der Waals surface area contributed by atoms with E-state index >= 15 is 0 Å². The van der Waals surface area contributed by atoms with Crippen LogP contribution in [0.2, 0.25) is 0 Å². The normalized spacial score (nSPS) is 15.5. The molecule has 4 rings (SSSR count). The van der Waals surface area contributed by atoms with Gasteiger partial charge in [-0.3, -0.25) is 14.7 Å². The number of aliphatic imine (C=N–C) groups is 1. The highest BCUT2D eigenvalue weighted by Gasteiger charge is 2.19. The van der Waals surface area contributed by atoms with Gasteiger partial charge in [-0.05, 0) is 44.2 Å². The Kier molecular flexibility index (Phi) is 5.87. The summed E-state index contributed by atoms with van der Waals surface area (Å²) >= 11 is 3.41. The van der Waals surface area contributed by atoms with Crippen LogP contribution >= 0.6 is 15.9 Å². The van der Waals surface area contributed by atoms with Gasteiger partial charge in [0.25, 0.3) is 5.56 Å². The lowest BCUT2D eigenvalue weighted by molar-refractivity contribution is 0.209. The third-order valence-corrected chi connectivity index (χ3v) is 5.96. The Hall–Kier alpha value is -2.71. The van der Waals surface area contributed by atoms with Crippen LogP contribution in [0.5, 0.6) is 5.88 Å². The first kappa shape index (κ1) is 20.6. The van der Waals surface area contributed by atoms with Gasteiger partial charge < -0.3 is 10.0 Å². The summed E-state index contributed by atoms with van der Waals surface area (Å²) in [4.78, 5) is 28.2. The summed E-state index contributed by atoms with van der Waals surface area (Å²) in [5, 5.41) is 11.3. The zero-order valence-corrected chi connectivity index (χ0v) is 18.6. The molecule has 7 nitrogen and oxygen atoms in total. The fraction of sp³-hybridized carbons (Fsp3) is 0.318. The molecule has 30 heavy (non-hydrogen) atoms. The molecule has 2 aromatic heterocycles. The predicted octanol–water partition coefficient (Wildman–Crippen LogP) is 3.67. The number of anilines is 1. The number of rotatable bonds is 4. The quantitative estimate of drug-likeness (QED) is 0.569. The largest absolute Gasteiger partial charge is 0.494 e. The molecule has 8 heteroatoms. The zero-order valence-electron chi connectivity index (χ0n) is 17.0. The number of pyridine rings is 2. The molecular formula is C22H24BrN5O2. The highest BCUT2D eigenvalue weighted by Crippen LogP contribution is 2.25. The molecule has 156 valence electrons. The molecule has 0 aliphatic carbocycles. The van der Waals surface area contributed by atoms with Crippen LogP contribution in [0, 0.1) is 0 Å². The Morgan fingerprint density at radius 2 is 1.93 bits per heavy atom. The van der Waals surface area contributed by atoms with E-state index in [0.29, 0.717) is 28.2 Å². The number of fused-ring (bicyclic) bond motifs is 1. The fourth-order valence-corrected chi connectivity index (χ4v) is 4.07. The predicted molar refractivity (Wildman–Crippen MR) is 124 cm³/mol. The van der Waals surface area contributed by atoms with Gasteiger partial charge in [0.2, 0.25) is 5.88 Å².